The van der Waals surface area contributed by atoms with E-state index in [2.05, 4.69) is 10.4 Å². The van der Waals surface area contributed by atoms with Crippen LogP contribution in [0.15, 0.2) is 12.4 Å². The second kappa shape index (κ2) is 5.50. The van der Waals surface area contributed by atoms with Crippen LogP contribution < -0.4 is 10.2 Å². The summed E-state index contributed by atoms with van der Waals surface area (Å²) in [5.74, 6) is 0.434. The van der Waals surface area contributed by atoms with Crippen LogP contribution in [0.5, 0.6) is 0 Å². The van der Waals surface area contributed by atoms with Crippen molar-refractivity contribution in [3.8, 4) is 0 Å². The number of hydrogen-bond donors (Lipinski definition) is 1. The summed E-state index contributed by atoms with van der Waals surface area (Å²) in [4.78, 5) is 25.9. The van der Waals surface area contributed by atoms with Gasteiger partial charge in [0.2, 0.25) is 11.8 Å². The third-order valence-electron chi connectivity index (χ3n) is 4.19. The summed E-state index contributed by atoms with van der Waals surface area (Å²) in [7, 11) is 0. The zero-order valence-corrected chi connectivity index (χ0v) is 12.6. The molecule has 21 heavy (non-hydrogen) atoms. The molecule has 0 bridgehead atoms. The van der Waals surface area contributed by atoms with Crippen molar-refractivity contribution in [1.82, 2.24) is 15.1 Å². The zero-order valence-electron chi connectivity index (χ0n) is 12.6. The zero-order chi connectivity index (χ0) is 15.0. The van der Waals surface area contributed by atoms with Crippen molar-refractivity contribution in [3.63, 3.8) is 0 Å². The van der Waals surface area contributed by atoms with Gasteiger partial charge in [0, 0.05) is 31.7 Å². The highest BCUT2D eigenvalue weighted by molar-refractivity contribution is 6.00. The Balaban J connectivity index is 1.61. The van der Waals surface area contributed by atoms with Gasteiger partial charge in [0.25, 0.3) is 0 Å². The smallest absolute Gasteiger partial charge is 0.227 e. The summed E-state index contributed by atoms with van der Waals surface area (Å²) in [6.07, 6.45) is 6.29. The van der Waals surface area contributed by atoms with Crippen molar-refractivity contribution in [2.45, 2.75) is 39.2 Å². The van der Waals surface area contributed by atoms with Gasteiger partial charge < -0.3 is 10.2 Å². The molecule has 0 spiro atoms. The third-order valence-corrected chi connectivity index (χ3v) is 4.19. The van der Waals surface area contributed by atoms with E-state index in [1.807, 2.05) is 24.7 Å². The number of nitrogens with one attached hydrogen (secondary N) is 1. The van der Waals surface area contributed by atoms with E-state index < -0.39 is 0 Å². The predicted molar refractivity (Wildman–Crippen MR) is 78.8 cm³/mol. The lowest BCUT2D eigenvalue weighted by Gasteiger charge is -2.14. The number of aromatic nitrogens is 2. The Morgan fingerprint density at radius 2 is 2.24 bits per heavy atom. The molecule has 1 aliphatic heterocycles. The molecule has 1 aromatic heterocycles. The van der Waals surface area contributed by atoms with Gasteiger partial charge in [-0.3, -0.25) is 14.3 Å². The Kier molecular flexibility index (Phi) is 3.69. The topological polar surface area (TPSA) is 67.2 Å². The summed E-state index contributed by atoms with van der Waals surface area (Å²) in [6.45, 7) is 5.29. The van der Waals surface area contributed by atoms with Crippen LogP contribution in [0.2, 0.25) is 0 Å². The van der Waals surface area contributed by atoms with E-state index in [0.29, 0.717) is 18.9 Å². The van der Waals surface area contributed by atoms with Crippen molar-refractivity contribution in [2.75, 3.05) is 18.0 Å². The first kappa shape index (κ1) is 14.1. The fraction of sp³-hybridized carbons (Fsp3) is 0.667. The van der Waals surface area contributed by atoms with Crippen LogP contribution in [0.1, 0.15) is 39.2 Å². The van der Waals surface area contributed by atoms with Gasteiger partial charge in [-0.2, -0.15) is 5.10 Å². The molecule has 1 saturated heterocycles. The number of nitrogens with zero attached hydrogens (tertiary/aromatic N) is 3. The number of carbonyl (C=O) groups excluding carboxylic acids is 2. The van der Waals surface area contributed by atoms with Gasteiger partial charge >= 0.3 is 0 Å². The summed E-state index contributed by atoms with van der Waals surface area (Å²) >= 11 is 0. The quantitative estimate of drug-likeness (QED) is 0.890. The molecule has 0 aromatic carbocycles. The molecule has 6 nitrogen and oxygen atoms in total. The minimum absolute atomic E-state index is 0.00452. The van der Waals surface area contributed by atoms with Crippen molar-refractivity contribution in [1.29, 1.82) is 0 Å². The molecule has 2 fully saturated rings. The molecule has 1 saturated carbocycles. The predicted octanol–water partition coefficient (Wildman–Crippen LogP) is 1.34. The normalized spacial score (nSPS) is 22.1. The van der Waals surface area contributed by atoms with Crippen molar-refractivity contribution in [3.05, 3.63) is 12.4 Å². The Morgan fingerprint density at radius 3 is 2.86 bits per heavy atom. The molecular weight excluding hydrogens is 268 g/mol. The van der Waals surface area contributed by atoms with E-state index in [1.54, 1.807) is 11.1 Å². The summed E-state index contributed by atoms with van der Waals surface area (Å²) in [6, 6.07) is 0.258. The molecule has 2 amide bonds. The van der Waals surface area contributed by atoms with Crippen LogP contribution in [0, 0.1) is 11.8 Å². The molecular formula is C15H22N4O2. The number of hydrogen-bond acceptors (Lipinski definition) is 3. The highest BCUT2D eigenvalue weighted by Crippen LogP contribution is 2.28. The van der Waals surface area contributed by atoms with Gasteiger partial charge in [-0.1, -0.05) is 0 Å². The molecule has 6 heteroatoms. The minimum atomic E-state index is -0.237. The maximum absolute atomic E-state index is 12.1. The van der Waals surface area contributed by atoms with Gasteiger partial charge in [0.1, 0.15) is 0 Å². The molecule has 0 unspecified atom stereocenters. The van der Waals surface area contributed by atoms with Crippen LogP contribution in [-0.2, 0) is 9.59 Å². The van der Waals surface area contributed by atoms with Crippen molar-refractivity contribution >= 4 is 17.5 Å². The van der Waals surface area contributed by atoms with E-state index >= 15 is 0 Å². The van der Waals surface area contributed by atoms with Gasteiger partial charge in [0.05, 0.1) is 17.8 Å². The van der Waals surface area contributed by atoms with E-state index in [1.165, 1.54) is 12.8 Å². The highest BCUT2D eigenvalue weighted by atomic mass is 16.2. The first-order valence-electron chi connectivity index (χ1n) is 7.67. The molecule has 2 heterocycles. The summed E-state index contributed by atoms with van der Waals surface area (Å²) in [5, 5.41) is 7.22. The third kappa shape index (κ3) is 3.09. The van der Waals surface area contributed by atoms with E-state index in [-0.39, 0.29) is 23.8 Å². The lowest BCUT2D eigenvalue weighted by atomic mass is 10.1. The van der Waals surface area contributed by atoms with Crippen molar-refractivity contribution < 1.29 is 9.59 Å². The van der Waals surface area contributed by atoms with Gasteiger partial charge in [-0.15, -0.1) is 0 Å². The first-order chi connectivity index (χ1) is 10.0. The van der Waals surface area contributed by atoms with Gasteiger partial charge in [-0.05, 0) is 32.6 Å². The summed E-state index contributed by atoms with van der Waals surface area (Å²) < 4.78 is 1.82. The van der Waals surface area contributed by atoms with Crippen molar-refractivity contribution in [2.24, 2.45) is 11.8 Å². The molecule has 2 aliphatic rings. The van der Waals surface area contributed by atoms with Gasteiger partial charge in [0.15, 0.2) is 0 Å². The fourth-order valence-corrected chi connectivity index (χ4v) is 2.59. The van der Waals surface area contributed by atoms with E-state index in [4.69, 9.17) is 0 Å². The monoisotopic (exact) mass is 290 g/mol. The second-order valence-electron chi connectivity index (χ2n) is 6.37. The lowest BCUT2D eigenvalue weighted by Crippen LogP contribution is -2.34. The highest BCUT2D eigenvalue weighted by Gasteiger charge is 2.36. The SMILES string of the molecule is CC(C)n1cc(N2C[C@@H](C(=O)NCC3CC3)CC2=O)cn1. The van der Waals surface area contributed by atoms with Crippen LogP contribution >= 0.6 is 0 Å². The standard InChI is InChI=1S/C15H22N4O2/c1-10(2)19-9-13(7-17-19)18-8-12(5-14(18)20)15(21)16-6-11-3-4-11/h7,9-12H,3-6,8H2,1-2H3,(H,16,21)/t12-/m0/s1. The number of amides is 2. The molecule has 1 atom stereocenters. The molecule has 1 aromatic rings. The summed E-state index contributed by atoms with van der Waals surface area (Å²) in [5.41, 5.74) is 0.784. The van der Waals surface area contributed by atoms with Crippen LogP contribution in [-0.4, -0.2) is 34.7 Å². The Hall–Kier alpha value is -1.85. The molecule has 1 N–H and O–H groups in total. The fourth-order valence-electron chi connectivity index (χ4n) is 2.59. The molecule has 0 radical (unpaired) electrons. The Labute approximate surface area is 124 Å². The lowest BCUT2D eigenvalue weighted by molar-refractivity contribution is -0.126. The number of rotatable bonds is 5. The average molecular weight is 290 g/mol. The number of carbonyl (C=O) groups is 2. The first-order valence-corrected chi connectivity index (χ1v) is 7.67. The van der Waals surface area contributed by atoms with Crippen LogP contribution in [0.25, 0.3) is 0 Å². The Bertz CT molecular complexity index is 548. The van der Waals surface area contributed by atoms with Crippen LogP contribution in [0.4, 0.5) is 5.69 Å². The van der Waals surface area contributed by atoms with Gasteiger partial charge in [-0.25, -0.2) is 0 Å². The van der Waals surface area contributed by atoms with Crippen LogP contribution in [0.3, 0.4) is 0 Å². The average Bonchev–Trinajstić information content (AvgIpc) is 2.98. The Morgan fingerprint density at radius 1 is 1.48 bits per heavy atom. The molecule has 3 rings (SSSR count). The maximum Gasteiger partial charge on any atom is 0.227 e. The minimum Gasteiger partial charge on any atom is -0.356 e. The maximum atomic E-state index is 12.1. The second-order valence-corrected chi connectivity index (χ2v) is 6.37. The molecule has 1 aliphatic carbocycles. The molecule has 114 valence electrons. The largest absolute Gasteiger partial charge is 0.356 e. The van der Waals surface area contributed by atoms with E-state index in [9.17, 15) is 9.59 Å². The number of anilines is 1. The van der Waals surface area contributed by atoms with E-state index in [0.717, 1.165) is 12.2 Å².